The Morgan fingerprint density at radius 3 is 2.61 bits per heavy atom. The van der Waals surface area contributed by atoms with Gasteiger partial charge in [-0.25, -0.2) is 9.18 Å². The lowest BCUT2D eigenvalue weighted by Crippen LogP contribution is -2.52. The van der Waals surface area contributed by atoms with E-state index in [1.165, 1.54) is 17.0 Å². The Hall–Kier alpha value is -3.22. The molecule has 1 heterocycles. The van der Waals surface area contributed by atoms with Gasteiger partial charge in [0.15, 0.2) is 0 Å². The fourth-order valence-electron chi connectivity index (χ4n) is 3.38. The first-order chi connectivity index (χ1) is 13.5. The highest BCUT2D eigenvalue weighted by Gasteiger charge is 2.31. The van der Waals surface area contributed by atoms with E-state index in [-0.39, 0.29) is 35.9 Å². The highest BCUT2D eigenvalue weighted by Crippen LogP contribution is 2.24. The normalized spacial score (nSPS) is 16.7. The van der Waals surface area contributed by atoms with Gasteiger partial charge in [-0.2, -0.15) is 0 Å². The zero-order valence-corrected chi connectivity index (χ0v) is 15.2. The van der Waals surface area contributed by atoms with Crippen molar-refractivity contribution in [2.75, 3.05) is 11.4 Å². The number of para-hydroxylation sites is 1. The van der Waals surface area contributed by atoms with Crippen LogP contribution in [0.1, 0.15) is 35.2 Å². The summed E-state index contributed by atoms with van der Waals surface area (Å²) in [7, 11) is 0. The maximum atomic E-state index is 14.0. The molecule has 28 heavy (non-hydrogen) atoms. The minimum absolute atomic E-state index is 0.0633. The molecule has 146 valence electrons. The Morgan fingerprint density at radius 2 is 1.86 bits per heavy atom. The summed E-state index contributed by atoms with van der Waals surface area (Å²) in [4.78, 5) is 37.6. The molecule has 1 fully saturated rings. The second kappa shape index (κ2) is 8.65. The second-order valence-electron chi connectivity index (χ2n) is 6.67. The fraction of sp³-hybridized carbons (Fsp3) is 0.286. The van der Waals surface area contributed by atoms with Gasteiger partial charge in [-0.1, -0.05) is 30.3 Å². The molecule has 1 aliphatic heterocycles. The number of amides is 2. The van der Waals surface area contributed by atoms with Gasteiger partial charge in [0.1, 0.15) is 11.9 Å². The van der Waals surface area contributed by atoms with Crippen LogP contribution in [0.2, 0.25) is 0 Å². The summed E-state index contributed by atoms with van der Waals surface area (Å²) in [5.41, 5.74) is 0.935. The van der Waals surface area contributed by atoms with Crippen LogP contribution < -0.4 is 10.2 Å². The average molecular weight is 384 g/mol. The lowest BCUT2D eigenvalue weighted by molar-refractivity contribution is -0.128. The molecule has 0 radical (unpaired) electrons. The van der Waals surface area contributed by atoms with Crippen LogP contribution >= 0.6 is 0 Å². The number of carboxylic acids is 1. The standard InChI is InChI=1S/C21H21FN2O4/c22-16-8-3-4-10-18(16)24-13-5-9-17(20(24)26)23-19(25)12-11-14-6-1-2-7-15(14)21(27)28/h1-4,6-8,10,17H,5,9,11-13H2,(H,23,25)(H,27,28). The average Bonchev–Trinajstić information content (AvgIpc) is 2.69. The van der Waals surface area contributed by atoms with Crippen LogP contribution in [-0.4, -0.2) is 35.5 Å². The van der Waals surface area contributed by atoms with Crippen molar-refractivity contribution in [3.05, 3.63) is 65.5 Å². The number of anilines is 1. The summed E-state index contributed by atoms with van der Waals surface area (Å²) in [6, 6.07) is 11.9. The molecule has 6 nitrogen and oxygen atoms in total. The quantitative estimate of drug-likeness (QED) is 0.802. The summed E-state index contributed by atoms with van der Waals surface area (Å²) < 4.78 is 14.0. The van der Waals surface area contributed by atoms with Gasteiger partial charge in [-0.3, -0.25) is 9.59 Å². The molecule has 1 atom stereocenters. The summed E-state index contributed by atoms with van der Waals surface area (Å²) in [6.07, 6.45) is 1.45. The van der Waals surface area contributed by atoms with Crippen molar-refractivity contribution in [1.82, 2.24) is 5.32 Å². The summed E-state index contributed by atoms with van der Waals surface area (Å²) in [5.74, 6) is -2.20. The molecular weight excluding hydrogens is 363 g/mol. The predicted molar refractivity (Wildman–Crippen MR) is 102 cm³/mol. The molecule has 1 aliphatic rings. The van der Waals surface area contributed by atoms with E-state index in [9.17, 15) is 23.9 Å². The molecule has 2 N–H and O–H groups in total. The number of nitrogens with zero attached hydrogens (tertiary/aromatic N) is 1. The van der Waals surface area contributed by atoms with Crippen LogP contribution in [0.15, 0.2) is 48.5 Å². The Bertz CT molecular complexity index is 899. The number of nitrogens with one attached hydrogen (secondary N) is 1. The van der Waals surface area contributed by atoms with Crippen LogP contribution in [0, 0.1) is 5.82 Å². The first kappa shape index (κ1) is 19.5. The third kappa shape index (κ3) is 4.36. The third-order valence-corrected chi connectivity index (χ3v) is 4.79. The number of aromatic carboxylic acids is 1. The van der Waals surface area contributed by atoms with Gasteiger partial charge in [0, 0.05) is 13.0 Å². The molecule has 2 aromatic carbocycles. The SMILES string of the molecule is O=C(CCc1ccccc1C(=O)O)NC1CCCN(c2ccccc2F)C1=O. The Kier molecular flexibility index (Phi) is 6.03. The topological polar surface area (TPSA) is 86.7 Å². The van der Waals surface area contributed by atoms with Gasteiger partial charge >= 0.3 is 5.97 Å². The van der Waals surface area contributed by atoms with Gasteiger partial charge < -0.3 is 15.3 Å². The molecule has 7 heteroatoms. The van der Waals surface area contributed by atoms with E-state index in [1.807, 2.05) is 0 Å². The van der Waals surface area contributed by atoms with Gasteiger partial charge in [-0.15, -0.1) is 0 Å². The molecule has 1 unspecified atom stereocenters. The molecule has 1 saturated heterocycles. The molecule has 2 amide bonds. The second-order valence-corrected chi connectivity index (χ2v) is 6.67. The van der Waals surface area contributed by atoms with E-state index in [1.54, 1.807) is 36.4 Å². The third-order valence-electron chi connectivity index (χ3n) is 4.79. The molecule has 3 rings (SSSR count). The fourth-order valence-corrected chi connectivity index (χ4v) is 3.38. The number of halogens is 1. The maximum absolute atomic E-state index is 14.0. The number of carbonyl (C=O) groups is 3. The van der Waals surface area contributed by atoms with Crippen LogP contribution in [0.5, 0.6) is 0 Å². The number of hydrogen-bond acceptors (Lipinski definition) is 3. The maximum Gasteiger partial charge on any atom is 0.335 e. The zero-order valence-electron chi connectivity index (χ0n) is 15.2. The van der Waals surface area contributed by atoms with Crippen molar-refractivity contribution in [3.8, 4) is 0 Å². The minimum atomic E-state index is -1.04. The number of carbonyl (C=O) groups excluding carboxylic acids is 2. The molecule has 0 saturated carbocycles. The first-order valence-corrected chi connectivity index (χ1v) is 9.14. The number of rotatable bonds is 6. The number of hydrogen-bond donors (Lipinski definition) is 2. The van der Waals surface area contributed by atoms with Crippen molar-refractivity contribution in [1.29, 1.82) is 0 Å². The zero-order chi connectivity index (χ0) is 20.1. The molecule has 0 bridgehead atoms. The lowest BCUT2D eigenvalue weighted by atomic mass is 10.0. The summed E-state index contributed by atoms with van der Waals surface area (Å²) in [5, 5.41) is 11.9. The van der Waals surface area contributed by atoms with Crippen molar-refractivity contribution in [3.63, 3.8) is 0 Å². The van der Waals surface area contributed by atoms with E-state index < -0.39 is 17.8 Å². The van der Waals surface area contributed by atoms with E-state index in [0.717, 1.165) is 0 Å². The van der Waals surface area contributed by atoms with E-state index in [0.29, 0.717) is 24.9 Å². The van der Waals surface area contributed by atoms with Gasteiger partial charge in [0.25, 0.3) is 0 Å². The summed E-state index contributed by atoms with van der Waals surface area (Å²) >= 11 is 0. The molecule has 0 aliphatic carbocycles. The highest BCUT2D eigenvalue weighted by molar-refractivity contribution is 6.00. The van der Waals surface area contributed by atoms with E-state index >= 15 is 0 Å². The Labute approximate surface area is 162 Å². The van der Waals surface area contributed by atoms with Crippen molar-refractivity contribution >= 4 is 23.5 Å². The van der Waals surface area contributed by atoms with Crippen LogP contribution in [0.4, 0.5) is 10.1 Å². The lowest BCUT2D eigenvalue weighted by Gasteiger charge is -2.32. The van der Waals surface area contributed by atoms with E-state index in [4.69, 9.17) is 0 Å². The number of piperidine rings is 1. The highest BCUT2D eigenvalue weighted by atomic mass is 19.1. The first-order valence-electron chi connectivity index (χ1n) is 9.14. The predicted octanol–water partition coefficient (Wildman–Crippen LogP) is 2.77. The smallest absolute Gasteiger partial charge is 0.335 e. The van der Waals surface area contributed by atoms with Crippen LogP contribution in [0.3, 0.4) is 0 Å². The van der Waals surface area contributed by atoms with Gasteiger partial charge in [-0.05, 0) is 43.0 Å². The Balaban J connectivity index is 1.62. The molecule has 2 aromatic rings. The largest absolute Gasteiger partial charge is 0.478 e. The van der Waals surface area contributed by atoms with Crippen LogP contribution in [-0.2, 0) is 16.0 Å². The molecule has 0 spiro atoms. The number of carboxylic acid groups (broad SMARTS) is 1. The summed E-state index contributed by atoms with van der Waals surface area (Å²) in [6.45, 7) is 0.401. The monoisotopic (exact) mass is 384 g/mol. The minimum Gasteiger partial charge on any atom is -0.478 e. The number of aryl methyl sites for hydroxylation is 1. The van der Waals surface area contributed by atoms with Crippen molar-refractivity contribution < 1.29 is 23.9 Å². The van der Waals surface area contributed by atoms with Crippen LogP contribution in [0.25, 0.3) is 0 Å². The van der Waals surface area contributed by atoms with Crippen molar-refractivity contribution in [2.24, 2.45) is 0 Å². The Morgan fingerprint density at radius 1 is 1.14 bits per heavy atom. The van der Waals surface area contributed by atoms with Crippen molar-refractivity contribution in [2.45, 2.75) is 31.7 Å². The number of benzene rings is 2. The van der Waals surface area contributed by atoms with E-state index in [2.05, 4.69) is 5.32 Å². The van der Waals surface area contributed by atoms with Gasteiger partial charge in [0.2, 0.25) is 11.8 Å². The molecular formula is C21H21FN2O4. The van der Waals surface area contributed by atoms with Gasteiger partial charge in [0.05, 0.1) is 11.3 Å². The molecule has 0 aromatic heterocycles.